The second kappa shape index (κ2) is 6.42. The number of hydrogen-bond donors (Lipinski definition) is 2. The Morgan fingerprint density at radius 2 is 2.14 bits per heavy atom. The van der Waals surface area contributed by atoms with Gasteiger partial charge < -0.3 is 10.2 Å². The van der Waals surface area contributed by atoms with Crippen LogP contribution >= 0.6 is 23.2 Å². The number of aromatic hydroxyl groups is 1. The summed E-state index contributed by atoms with van der Waals surface area (Å²) in [6.07, 6.45) is 2.86. The van der Waals surface area contributed by atoms with Crippen LogP contribution in [0.1, 0.15) is 38.2 Å². The standard InChI is InChI=1S/C15H19Cl2NO3/c1-2-4-15(14(20)21)5-3-6-18(15)9-10-7-11(16)8-12(17)13(10)19/h7-8,19H,2-6,9H2,1H3,(H,20,21). The third-order valence-corrected chi connectivity index (χ3v) is 4.66. The van der Waals surface area contributed by atoms with Gasteiger partial charge in [0, 0.05) is 17.1 Å². The summed E-state index contributed by atoms with van der Waals surface area (Å²) >= 11 is 11.9. The van der Waals surface area contributed by atoms with E-state index in [2.05, 4.69) is 0 Å². The quantitative estimate of drug-likeness (QED) is 0.858. The number of likely N-dealkylation sites (tertiary alicyclic amines) is 1. The fourth-order valence-electron chi connectivity index (χ4n) is 3.16. The van der Waals surface area contributed by atoms with Crippen molar-refractivity contribution < 1.29 is 15.0 Å². The first-order valence-electron chi connectivity index (χ1n) is 7.06. The zero-order valence-electron chi connectivity index (χ0n) is 11.9. The average Bonchev–Trinajstić information content (AvgIpc) is 2.80. The van der Waals surface area contributed by atoms with Gasteiger partial charge in [0.15, 0.2) is 0 Å². The number of carboxylic acid groups (broad SMARTS) is 1. The zero-order valence-corrected chi connectivity index (χ0v) is 13.4. The van der Waals surface area contributed by atoms with Crippen LogP contribution in [-0.4, -0.2) is 33.2 Å². The lowest BCUT2D eigenvalue weighted by Gasteiger charge is -2.34. The van der Waals surface area contributed by atoms with Gasteiger partial charge in [0.25, 0.3) is 0 Å². The Kier molecular flexibility index (Phi) is 5.02. The number of halogens is 2. The van der Waals surface area contributed by atoms with E-state index in [1.54, 1.807) is 6.07 Å². The molecule has 116 valence electrons. The highest BCUT2D eigenvalue weighted by molar-refractivity contribution is 6.35. The van der Waals surface area contributed by atoms with E-state index in [4.69, 9.17) is 23.2 Å². The topological polar surface area (TPSA) is 60.8 Å². The Morgan fingerprint density at radius 1 is 1.43 bits per heavy atom. The summed E-state index contributed by atoms with van der Waals surface area (Å²) < 4.78 is 0. The van der Waals surface area contributed by atoms with E-state index >= 15 is 0 Å². The van der Waals surface area contributed by atoms with Gasteiger partial charge in [0.05, 0.1) is 5.02 Å². The Hall–Kier alpha value is -0.970. The van der Waals surface area contributed by atoms with Gasteiger partial charge in [-0.3, -0.25) is 9.69 Å². The van der Waals surface area contributed by atoms with Crippen LogP contribution < -0.4 is 0 Å². The van der Waals surface area contributed by atoms with Crippen LogP contribution in [-0.2, 0) is 11.3 Å². The van der Waals surface area contributed by atoms with Crippen molar-refractivity contribution in [2.75, 3.05) is 6.54 Å². The van der Waals surface area contributed by atoms with Gasteiger partial charge >= 0.3 is 5.97 Å². The first-order chi connectivity index (χ1) is 9.90. The molecule has 1 unspecified atom stereocenters. The van der Waals surface area contributed by atoms with E-state index in [0.29, 0.717) is 36.5 Å². The molecular formula is C15H19Cl2NO3. The number of phenolic OH excluding ortho intramolecular Hbond substituents is 1. The lowest BCUT2D eigenvalue weighted by Crippen LogP contribution is -2.50. The van der Waals surface area contributed by atoms with Crippen molar-refractivity contribution in [3.8, 4) is 5.75 Å². The SMILES string of the molecule is CCCC1(C(=O)O)CCCN1Cc1cc(Cl)cc(Cl)c1O. The Balaban J connectivity index is 2.31. The van der Waals surface area contributed by atoms with Crippen molar-refractivity contribution in [3.63, 3.8) is 0 Å². The molecule has 2 rings (SSSR count). The van der Waals surface area contributed by atoms with Crippen molar-refractivity contribution in [2.45, 2.75) is 44.7 Å². The molecule has 21 heavy (non-hydrogen) atoms. The minimum Gasteiger partial charge on any atom is -0.506 e. The Labute approximate surface area is 134 Å². The van der Waals surface area contributed by atoms with E-state index in [1.807, 2.05) is 11.8 Å². The second-order valence-electron chi connectivity index (χ2n) is 5.51. The summed E-state index contributed by atoms with van der Waals surface area (Å²) in [5, 5.41) is 20.3. The number of carbonyl (C=O) groups is 1. The maximum atomic E-state index is 11.8. The minimum absolute atomic E-state index is 0.0243. The van der Waals surface area contributed by atoms with Crippen LogP contribution in [0, 0.1) is 0 Å². The second-order valence-corrected chi connectivity index (χ2v) is 6.35. The zero-order chi connectivity index (χ0) is 15.6. The highest BCUT2D eigenvalue weighted by Crippen LogP contribution is 2.38. The predicted molar refractivity (Wildman–Crippen MR) is 83.0 cm³/mol. The molecule has 1 heterocycles. The monoisotopic (exact) mass is 331 g/mol. The fraction of sp³-hybridized carbons (Fsp3) is 0.533. The molecule has 2 N–H and O–H groups in total. The number of aliphatic carboxylic acids is 1. The van der Waals surface area contributed by atoms with Crippen LogP contribution in [0.5, 0.6) is 5.75 Å². The van der Waals surface area contributed by atoms with Gasteiger partial charge in [-0.05, 0) is 37.9 Å². The number of nitrogens with zero attached hydrogens (tertiary/aromatic N) is 1. The van der Waals surface area contributed by atoms with E-state index in [9.17, 15) is 15.0 Å². The van der Waals surface area contributed by atoms with Crippen molar-refractivity contribution in [3.05, 3.63) is 27.7 Å². The molecule has 0 radical (unpaired) electrons. The Morgan fingerprint density at radius 3 is 2.76 bits per heavy atom. The molecule has 1 aliphatic heterocycles. The Bertz CT molecular complexity index is 550. The molecule has 0 amide bonds. The third kappa shape index (κ3) is 3.12. The van der Waals surface area contributed by atoms with Gasteiger partial charge in [-0.2, -0.15) is 0 Å². The molecule has 1 atom stereocenters. The first-order valence-corrected chi connectivity index (χ1v) is 7.81. The van der Waals surface area contributed by atoms with Gasteiger partial charge in [-0.1, -0.05) is 36.5 Å². The molecule has 6 heteroatoms. The van der Waals surface area contributed by atoms with E-state index < -0.39 is 11.5 Å². The number of carboxylic acids is 1. The number of rotatable bonds is 5. The highest BCUT2D eigenvalue weighted by atomic mass is 35.5. The minimum atomic E-state index is -0.851. The van der Waals surface area contributed by atoms with E-state index in [0.717, 1.165) is 12.8 Å². The number of phenols is 1. The van der Waals surface area contributed by atoms with Crippen LogP contribution in [0.2, 0.25) is 10.0 Å². The highest BCUT2D eigenvalue weighted by Gasteiger charge is 2.46. The average molecular weight is 332 g/mol. The molecule has 1 aromatic rings. The van der Waals surface area contributed by atoms with Crippen LogP contribution in [0.25, 0.3) is 0 Å². The summed E-state index contributed by atoms with van der Waals surface area (Å²) in [4.78, 5) is 13.7. The largest absolute Gasteiger partial charge is 0.506 e. The molecule has 0 aliphatic carbocycles. The summed E-state index contributed by atoms with van der Waals surface area (Å²) in [7, 11) is 0. The van der Waals surface area contributed by atoms with E-state index in [-0.39, 0.29) is 10.8 Å². The molecule has 1 aliphatic rings. The first kappa shape index (κ1) is 16.4. The van der Waals surface area contributed by atoms with Crippen molar-refractivity contribution >= 4 is 29.2 Å². The van der Waals surface area contributed by atoms with Gasteiger partial charge in [0.2, 0.25) is 0 Å². The maximum absolute atomic E-state index is 11.8. The molecule has 1 fully saturated rings. The summed E-state index contributed by atoms with van der Waals surface area (Å²) in [5.74, 6) is -0.821. The molecule has 0 aromatic heterocycles. The van der Waals surface area contributed by atoms with Crippen LogP contribution in [0.4, 0.5) is 0 Å². The molecule has 1 aromatic carbocycles. The van der Waals surface area contributed by atoms with Crippen molar-refractivity contribution in [2.24, 2.45) is 0 Å². The predicted octanol–water partition coefficient (Wildman–Crippen LogP) is 3.92. The van der Waals surface area contributed by atoms with Crippen LogP contribution in [0.15, 0.2) is 12.1 Å². The smallest absolute Gasteiger partial charge is 0.324 e. The van der Waals surface area contributed by atoms with Crippen molar-refractivity contribution in [1.29, 1.82) is 0 Å². The van der Waals surface area contributed by atoms with Crippen LogP contribution in [0.3, 0.4) is 0 Å². The fourth-order valence-corrected chi connectivity index (χ4v) is 3.69. The summed E-state index contributed by atoms with van der Waals surface area (Å²) in [5.41, 5.74) is -0.285. The maximum Gasteiger partial charge on any atom is 0.324 e. The van der Waals surface area contributed by atoms with Gasteiger partial charge in [-0.15, -0.1) is 0 Å². The lowest BCUT2D eigenvalue weighted by atomic mass is 9.90. The molecular weight excluding hydrogens is 313 g/mol. The van der Waals surface area contributed by atoms with Gasteiger partial charge in [-0.25, -0.2) is 0 Å². The normalized spacial score (nSPS) is 22.6. The van der Waals surface area contributed by atoms with E-state index in [1.165, 1.54) is 6.07 Å². The number of benzene rings is 1. The molecule has 0 spiro atoms. The molecule has 1 saturated heterocycles. The summed E-state index contributed by atoms with van der Waals surface area (Å²) in [6.45, 7) is 3.00. The van der Waals surface area contributed by atoms with Gasteiger partial charge in [0.1, 0.15) is 11.3 Å². The third-order valence-electron chi connectivity index (χ3n) is 4.15. The molecule has 0 bridgehead atoms. The number of hydrogen-bond acceptors (Lipinski definition) is 3. The summed E-state index contributed by atoms with van der Waals surface area (Å²) in [6, 6.07) is 3.11. The lowest BCUT2D eigenvalue weighted by molar-refractivity contribution is -0.150. The molecule has 0 saturated carbocycles. The molecule has 4 nitrogen and oxygen atoms in total. The van der Waals surface area contributed by atoms with Crippen molar-refractivity contribution in [1.82, 2.24) is 4.90 Å².